The van der Waals surface area contributed by atoms with Gasteiger partial charge in [-0.05, 0) is 68.3 Å². The first-order valence-corrected chi connectivity index (χ1v) is 11.5. The fourth-order valence-electron chi connectivity index (χ4n) is 3.18. The van der Waals surface area contributed by atoms with Crippen molar-refractivity contribution in [1.29, 1.82) is 0 Å². The number of alkyl halides is 1. The number of benzene rings is 4. The van der Waals surface area contributed by atoms with Crippen LogP contribution in [0.2, 0.25) is 0 Å². The molecule has 1 N–H and O–H groups in total. The summed E-state index contributed by atoms with van der Waals surface area (Å²) in [6.45, 7) is -0.181. The van der Waals surface area contributed by atoms with Gasteiger partial charge in [-0.3, -0.25) is 9.18 Å². The number of carbonyl (C=O) groups excluding carboxylic acids is 1. The predicted octanol–water partition coefficient (Wildman–Crippen LogP) is 1.73. The Bertz CT molecular complexity index is 1530. The number of para-hydroxylation sites is 2. The number of carbonyl (C=O) groups is 1. The summed E-state index contributed by atoms with van der Waals surface area (Å²) in [7, 11) is -1.00. The van der Waals surface area contributed by atoms with Crippen LogP contribution in [-0.2, 0) is 9.68 Å². The molecule has 0 saturated heterocycles. The van der Waals surface area contributed by atoms with Crippen LogP contribution in [0.5, 0.6) is 5.75 Å². The monoisotopic (exact) mass is 723 g/mol. The van der Waals surface area contributed by atoms with Crippen molar-refractivity contribution in [3.8, 4) is 16.9 Å². The van der Waals surface area contributed by atoms with Gasteiger partial charge in [0.25, 0.3) is 6.47 Å². The van der Waals surface area contributed by atoms with E-state index >= 15 is 0 Å². The molecule has 39 heavy (non-hydrogen) atoms. The molecule has 0 atom stereocenters. The maximum Gasteiger partial charge on any atom is 1.00 e. The number of aromatic hydroxyl groups is 1. The van der Waals surface area contributed by atoms with E-state index in [0.717, 1.165) is 33.0 Å². The van der Waals surface area contributed by atoms with Gasteiger partial charge in [0.15, 0.2) is 0 Å². The Hall–Kier alpha value is -0.137. The van der Waals surface area contributed by atoms with E-state index in [4.69, 9.17) is 15.8 Å². The Balaban J connectivity index is 0. The van der Waals surface area contributed by atoms with Crippen LogP contribution in [0.4, 0.5) is 17.6 Å². The minimum Gasteiger partial charge on any atom is -1.00 e. The van der Waals surface area contributed by atoms with Crippen molar-refractivity contribution < 1.29 is 148 Å². The first kappa shape index (κ1) is 36.9. The number of hydrogen-bond acceptors (Lipinski definition) is 5. The zero-order valence-corrected chi connectivity index (χ0v) is 30.0. The third-order valence-corrected chi connectivity index (χ3v) is 5.92. The number of phenols is 1. The molecule has 0 bridgehead atoms. The fraction of sp³-hybridized carbons (Fsp3) is 0.0385. The summed E-state index contributed by atoms with van der Waals surface area (Å²) in [6, 6.07) is 18.5. The molecule has 1 heterocycles. The average Bonchev–Trinajstić information content (AvgIpc) is 3.26. The molecular weight excluding hydrogens is 706 g/mol. The number of rotatable bonds is 2. The van der Waals surface area contributed by atoms with E-state index in [2.05, 4.69) is 36.7 Å². The summed E-state index contributed by atoms with van der Waals surface area (Å²) in [5.74, 6) is -1.69. The minimum absolute atomic E-state index is 0. The number of hydrogen-bond donors (Lipinski definition) is 1. The standard InChI is InChI=1S/C12H7BrF2O.C12H6BrFO.CH3F.CH2O3.2K.H/c13-10-3-1-2-9(12(10)16)8-5-4-7(14)6-11(8)15;13-10-3-1-2-9-8-5-4-7(14)6-11(8)15-12(9)10;1-2;2-1-4-3;;;/h1-6,16H;1-6H;1H3;1,3H;;;/q;;;;2*+1;-1/p-1/i;;1D;;;;. The van der Waals surface area contributed by atoms with Crippen LogP contribution in [0, 0.1) is 17.5 Å². The summed E-state index contributed by atoms with van der Waals surface area (Å²) in [6.07, 6.45) is 0. The van der Waals surface area contributed by atoms with Gasteiger partial charge in [0, 0.05) is 34.0 Å². The topological polar surface area (TPSA) is 82.7 Å². The van der Waals surface area contributed by atoms with Crippen LogP contribution < -0.4 is 108 Å². The van der Waals surface area contributed by atoms with E-state index in [0.29, 0.717) is 15.6 Å². The molecule has 0 aliphatic carbocycles. The molecule has 5 aromatic rings. The SMILES string of the molecule is Fc1ccc2c(c1)oc1c(Br)cccc12.O=CO[O-].Oc1c(Br)cccc1-c1ccc(F)cc1F.[2H]CF.[H-].[K+].[K+]. The summed E-state index contributed by atoms with van der Waals surface area (Å²) >= 11 is 6.54. The molecule has 5 nitrogen and oxygen atoms in total. The molecule has 0 aliphatic rings. The van der Waals surface area contributed by atoms with Crippen molar-refractivity contribution in [2.45, 2.75) is 0 Å². The van der Waals surface area contributed by atoms with E-state index in [1.807, 2.05) is 18.2 Å². The van der Waals surface area contributed by atoms with E-state index in [9.17, 15) is 22.7 Å². The largest absolute Gasteiger partial charge is 1.00 e. The number of phenolic OH excluding ortho intramolecular Hbond substituents is 1. The third-order valence-electron chi connectivity index (χ3n) is 4.66. The van der Waals surface area contributed by atoms with Gasteiger partial charge in [0.05, 0.1) is 17.5 Å². The molecule has 0 saturated carbocycles. The van der Waals surface area contributed by atoms with E-state index in [-0.39, 0.29) is 128 Å². The van der Waals surface area contributed by atoms with Crippen LogP contribution in [0.3, 0.4) is 0 Å². The van der Waals surface area contributed by atoms with Gasteiger partial charge < -0.3 is 21.1 Å². The second-order valence-corrected chi connectivity index (χ2v) is 8.52. The van der Waals surface area contributed by atoms with Crippen molar-refractivity contribution in [1.82, 2.24) is 0 Å². The van der Waals surface area contributed by atoms with E-state index in [1.54, 1.807) is 24.3 Å². The molecule has 13 heteroatoms. The van der Waals surface area contributed by atoms with Gasteiger partial charge in [-0.25, -0.2) is 13.2 Å². The Morgan fingerprint density at radius 2 is 1.49 bits per heavy atom. The Morgan fingerprint density at radius 3 is 2.10 bits per heavy atom. The summed E-state index contributed by atoms with van der Waals surface area (Å²) in [5, 5.41) is 20.1. The molecule has 0 radical (unpaired) electrons. The summed E-state index contributed by atoms with van der Waals surface area (Å²) in [5.41, 5.74) is 1.84. The van der Waals surface area contributed by atoms with Gasteiger partial charge in [-0.15, -0.1) is 0 Å². The minimum atomic E-state index is -1.00. The van der Waals surface area contributed by atoms with Gasteiger partial charge in [0.2, 0.25) is 0 Å². The molecule has 0 fully saturated rings. The molecule has 0 amide bonds. The molecule has 1 aromatic heterocycles. The second kappa shape index (κ2) is 19.9. The maximum absolute atomic E-state index is 13.5. The van der Waals surface area contributed by atoms with Crippen molar-refractivity contribution in [3.05, 3.63) is 99.2 Å². The van der Waals surface area contributed by atoms with Crippen LogP contribution in [0.25, 0.3) is 33.1 Å². The number of fused-ring (bicyclic) bond motifs is 3. The van der Waals surface area contributed by atoms with Crippen LogP contribution in [0.1, 0.15) is 2.80 Å². The molecule has 0 aliphatic heterocycles. The quantitative estimate of drug-likeness (QED) is 0.0987. The van der Waals surface area contributed by atoms with Crippen molar-refractivity contribution in [3.63, 3.8) is 0 Å². The van der Waals surface area contributed by atoms with Crippen molar-refractivity contribution >= 4 is 60.3 Å². The summed E-state index contributed by atoms with van der Waals surface area (Å²) < 4.78 is 61.6. The predicted molar refractivity (Wildman–Crippen MR) is 138 cm³/mol. The molecule has 5 rings (SSSR count). The Labute approximate surface area is 325 Å². The number of halogens is 6. The molecule has 0 spiro atoms. The molecular formula is C26H18Br2F4K2O5. The van der Waals surface area contributed by atoms with Crippen LogP contribution in [-0.4, -0.2) is 18.7 Å². The Morgan fingerprint density at radius 1 is 0.923 bits per heavy atom. The van der Waals surface area contributed by atoms with Crippen LogP contribution >= 0.6 is 31.9 Å². The van der Waals surface area contributed by atoms with Gasteiger partial charge in [0.1, 0.15) is 34.4 Å². The van der Waals surface area contributed by atoms with Gasteiger partial charge in [-0.2, -0.15) is 0 Å². The van der Waals surface area contributed by atoms with Crippen LogP contribution in [0.15, 0.2) is 86.2 Å². The van der Waals surface area contributed by atoms with Crippen molar-refractivity contribution in [2.24, 2.45) is 0 Å². The first-order chi connectivity index (χ1) is 18.2. The zero-order chi connectivity index (χ0) is 28.2. The van der Waals surface area contributed by atoms with Gasteiger partial charge in [-0.1, -0.05) is 24.3 Å². The third kappa shape index (κ3) is 10.9. The molecule has 4 aromatic carbocycles. The average molecular weight is 725 g/mol. The number of furan rings is 1. The molecule has 196 valence electrons. The van der Waals surface area contributed by atoms with Crippen molar-refractivity contribution in [2.75, 3.05) is 7.15 Å². The normalized spacial score (nSPS) is 9.67. The first-order valence-electron chi connectivity index (χ1n) is 10.7. The maximum atomic E-state index is 13.5. The molecule has 0 unspecified atom stereocenters. The van der Waals surface area contributed by atoms with Gasteiger partial charge >= 0.3 is 103 Å². The fourth-order valence-corrected chi connectivity index (χ4v) is 3.99. The smallest absolute Gasteiger partial charge is 1.00 e. The second-order valence-electron chi connectivity index (χ2n) is 6.81. The Kier molecular flexibility index (Phi) is 18.8. The van der Waals surface area contributed by atoms with E-state index < -0.39 is 18.8 Å². The summed E-state index contributed by atoms with van der Waals surface area (Å²) in [4.78, 5) is 11.2. The van der Waals surface area contributed by atoms with E-state index in [1.165, 1.54) is 18.2 Å². The zero-order valence-electron chi connectivity index (χ0n) is 22.6.